The fraction of sp³-hybridized carbons (Fsp3) is 0.385. The highest BCUT2D eigenvalue weighted by Crippen LogP contribution is 2.22. The summed E-state index contributed by atoms with van der Waals surface area (Å²) in [5.74, 6) is -1.15. The lowest BCUT2D eigenvalue weighted by atomic mass is 10.2. The first-order valence-corrected chi connectivity index (χ1v) is 6.93. The van der Waals surface area contributed by atoms with E-state index in [1.165, 1.54) is 11.8 Å². The molecule has 2 aromatic heterocycles. The molecular formula is C13H16ClN5O3. The van der Waals surface area contributed by atoms with Crippen LogP contribution in [0, 0.1) is 6.92 Å². The Morgan fingerprint density at radius 1 is 1.36 bits per heavy atom. The summed E-state index contributed by atoms with van der Waals surface area (Å²) in [4.78, 5) is 24.1. The molecular weight excluding hydrogens is 310 g/mol. The van der Waals surface area contributed by atoms with Gasteiger partial charge >= 0.3 is 5.97 Å². The van der Waals surface area contributed by atoms with Crippen molar-refractivity contribution in [2.75, 3.05) is 12.4 Å². The standard InChI is InChI=1S/C13H16ClN5O3/c1-5-19-6-8(14)10(17-19)12(20)15-9-7(2)18(3)16-11(9)13(21)22-4/h6H,5H2,1-4H3,(H,15,20). The molecule has 0 radical (unpaired) electrons. The molecule has 0 aliphatic rings. The van der Waals surface area contributed by atoms with Crippen molar-refractivity contribution in [3.05, 3.63) is 28.3 Å². The summed E-state index contributed by atoms with van der Waals surface area (Å²) < 4.78 is 7.70. The highest BCUT2D eigenvalue weighted by molar-refractivity contribution is 6.34. The number of nitrogens with one attached hydrogen (secondary N) is 1. The van der Waals surface area contributed by atoms with Gasteiger partial charge in [0.1, 0.15) is 0 Å². The third-order valence-corrected chi connectivity index (χ3v) is 3.48. The molecule has 0 aliphatic heterocycles. The van der Waals surface area contributed by atoms with E-state index < -0.39 is 11.9 Å². The maximum absolute atomic E-state index is 12.3. The predicted molar refractivity (Wildman–Crippen MR) is 80.1 cm³/mol. The predicted octanol–water partition coefficient (Wildman–Crippen LogP) is 1.64. The number of nitrogens with zero attached hydrogens (tertiary/aromatic N) is 4. The lowest BCUT2D eigenvalue weighted by Crippen LogP contribution is -2.16. The lowest BCUT2D eigenvalue weighted by Gasteiger charge is -2.05. The number of aromatic nitrogens is 4. The Morgan fingerprint density at radius 2 is 2.05 bits per heavy atom. The van der Waals surface area contributed by atoms with E-state index in [0.29, 0.717) is 12.2 Å². The molecule has 8 nitrogen and oxygen atoms in total. The Labute approximate surface area is 132 Å². The van der Waals surface area contributed by atoms with Crippen molar-refractivity contribution >= 4 is 29.2 Å². The number of methoxy groups -OCH3 is 1. The van der Waals surface area contributed by atoms with Gasteiger partial charge < -0.3 is 10.1 Å². The van der Waals surface area contributed by atoms with Crippen molar-refractivity contribution in [3.63, 3.8) is 0 Å². The molecule has 1 amide bonds. The van der Waals surface area contributed by atoms with E-state index in [1.807, 2.05) is 6.92 Å². The van der Waals surface area contributed by atoms with Gasteiger partial charge in [0.2, 0.25) is 0 Å². The second-order valence-electron chi connectivity index (χ2n) is 4.56. The molecule has 0 aliphatic carbocycles. The fourth-order valence-electron chi connectivity index (χ4n) is 1.88. The van der Waals surface area contributed by atoms with Crippen molar-refractivity contribution in [1.29, 1.82) is 0 Å². The zero-order valence-electron chi connectivity index (χ0n) is 12.7. The molecule has 0 unspecified atom stereocenters. The molecule has 1 N–H and O–H groups in total. The summed E-state index contributed by atoms with van der Waals surface area (Å²) in [5, 5.41) is 11.0. The van der Waals surface area contributed by atoms with Crippen LogP contribution >= 0.6 is 11.6 Å². The second kappa shape index (κ2) is 6.18. The number of carbonyl (C=O) groups is 2. The molecule has 22 heavy (non-hydrogen) atoms. The molecule has 0 aromatic carbocycles. The maximum Gasteiger partial charge on any atom is 0.360 e. The Balaban J connectivity index is 2.35. The van der Waals surface area contributed by atoms with E-state index in [-0.39, 0.29) is 22.1 Å². The first kappa shape index (κ1) is 16.0. The van der Waals surface area contributed by atoms with E-state index in [1.54, 1.807) is 24.9 Å². The maximum atomic E-state index is 12.3. The smallest absolute Gasteiger partial charge is 0.360 e. The van der Waals surface area contributed by atoms with Crippen LogP contribution in [0.25, 0.3) is 0 Å². The second-order valence-corrected chi connectivity index (χ2v) is 4.97. The van der Waals surface area contributed by atoms with Crippen LogP contribution in [-0.4, -0.2) is 38.5 Å². The summed E-state index contributed by atoms with van der Waals surface area (Å²) >= 11 is 6.00. The minimum atomic E-state index is -0.635. The minimum Gasteiger partial charge on any atom is -0.464 e. The zero-order valence-corrected chi connectivity index (χ0v) is 13.4. The Kier molecular flexibility index (Phi) is 4.51. The van der Waals surface area contributed by atoms with Crippen molar-refractivity contribution in [2.24, 2.45) is 7.05 Å². The van der Waals surface area contributed by atoms with Gasteiger partial charge in [-0.3, -0.25) is 14.2 Å². The first-order valence-electron chi connectivity index (χ1n) is 6.55. The lowest BCUT2D eigenvalue weighted by molar-refractivity contribution is 0.0594. The van der Waals surface area contributed by atoms with Gasteiger partial charge in [-0.25, -0.2) is 4.79 Å². The molecule has 9 heteroatoms. The van der Waals surface area contributed by atoms with E-state index in [2.05, 4.69) is 20.3 Å². The average molecular weight is 326 g/mol. The van der Waals surface area contributed by atoms with Gasteiger partial charge in [0.05, 0.1) is 23.5 Å². The molecule has 118 valence electrons. The van der Waals surface area contributed by atoms with Crippen molar-refractivity contribution in [3.8, 4) is 0 Å². The van der Waals surface area contributed by atoms with E-state index >= 15 is 0 Å². The van der Waals surface area contributed by atoms with Crippen LogP contribution in [0.4, 0.5) is 5.69 Å². The topological polar surface area (TPSA) is 91.0 Å². The Hall–Kier alpha value is -2.35. The van der Waals surface area contributed by atoms with Crippen LogP contribution in [0.3, 0.4) is 0 Å². The number of rotatable bonds is 4. The molecule has 2 rings (SSSR count). The van der Waals surface area contributed by atoms with Gasteiger partial charge in [0, 0.05) is 19.8 Å². The van der Waals surface area contributed by atoms with Crippen molar-refractivity contribution in [1.82, 2.24) is 19.6 Å². The molecule has 0 saturated carbocycles. The number of ether oxygens (including phenoxy) is 1. The molecule has 0 fully saturated rings. The van der Waals surface area contributed by atoms with E-state index in [9.17, 15) is 9.59 Å². The number of aryl methyl sites for hydroxylation is 2. The zero-order chi connectivity index (χ0) is 16.4. The van der Waals surface area contributed by atoms with Crippen molar-refractivity contribution in [2.45, 2.75) is 20.4 Å². The molecule has 0 atom stereocenters. The quantitative estimate of drug-likeness (QED) is 0.863. The Bertz CT molecular complexity index is 734. The largest absolute Gasteiger partial charge is 0.464 e. The summed E-state index contributed by atoms with van der Waals surface area (Å²) in [7, 11) is 2.91. The summed E-state index contributed by atoms with van der Waals surface area (Å²) in [6.45, 7) is 4.19. The fourth-order valence-corrected chi connectivity index (χ4v) is 2.12. The van der Waals surface area contributed by atoms with Crippen LogP contribution in [0.2, 0.25) is 5.02 Å². The molecule has 2 heterocycles. The number of amides is 1. The monoisotopic (exact) mass is 325 g/mol. The van der Waals surface area contributed by atoms with Crippen LogP contribution in [0.5, 0.6) is 0 Å². The summed E-state index contributed by atoms with van der Waals surface area (Å²) in [5.41, 5.74) is 1.01. The third-order valence-electron chi connectivity index (χ3n) is 3.21. The van der Waals surface area contributed by atoms with Crippen LogP contribution < -0.4 is 5.32 Å². The Morgan fingerprint density at radius 3 is 2.59 bits per heavy atom. The van der Waals surface area contributed by atoms with Gasteiger partial charge in [0.25, 0.3) is 5.91 Å². The van der Waals surface area contributed by atoms with Gasteiger partial charge in [-0.05, 0) is 13.8 Å². The average Bonchev–Trinajstić information content (AvgIpc) is 3.01. The van der Waals surface area contributed by atoms with E-state index in [0.717, 1.165) is 0 Å². The summed E-state index contributed by atoms with van der Waals surface area (Å²) in [6, 6.07) is 0. The molecule has 0 saturated heterocycles. The van der Waals surface area contributed by atoms with Gasteiger partial charge in [-0.15, -0.1) is 0 Å². The minimum absolute atomic E-state index is 0.0295. The van der Waals surface area contributed by atoms with Crippen LogP contribution in [0.15, 0.2) is 6.20 Å². The number of hydrogen-bond acceptors (Lipinski definition) is 5. The van der Waals surface area contributed by atoms with Crippen LogP contribution in [0.1, 0.15) is 33.6 Å². The molecule has 2 aromatic rings. The van der Waals surface area contributed by atoms with Gasteiger partial charge in [0.15, 0.2) is 11.4 Å². The number of esters is 1. The highest BCUT2D eigenvalue weighted by Gasteiger charge is 2.24. The van der Waals surface area contributed by atoms with E-state index in [4.69, 9.17) is 11.6 Å². The highest BCUT2D eigenvalue weighted by atomic mass is 35.5. The number of anilines is 1. The number of carbonyl (C=O) groups excluding carboxylic acids is 2. The number of hydrogen-bond donors (Lipinski definition) is 1. The first-order chi connectivity index (χ1) is 10.4. The van der Waals surface area contributed by atoms with Gasteiger partial charge in [-0.1, -0.05) is 11.6 Å². The third kappa shape index (κ3) is 2.82. The normalized spacial score (nSPS) is 10.6. The molecule has 0 spiro atoms. The number of halogens is 1. The van der Waals surface area contributed by atoms with Crippen LogP contribution in [-0.2, 0) is 18.3 Å². The van der Waals surface area contributed by atoms with Crippen molar-refractivity contribution < 1.29 is 14.3 Å². The van der Waals surface area contributed by atoms with Gasteiger partial charge in [-0.2, -0.15) is 10.2 Å². The molecule has 0 bridgehead atoms. The SMILES string of the molecule is CCn1cc(Cl)c(C(=O)Nc2c(C(=O)OC)nn(C)c2C)n1. The summed E-state index contributed by atoms with van der Waals surface area (Å²) in [6.07, 6.45) is 1.56.